The zero-order valence-electron chi connectivity index (χ0n) is 19.7. The maximum absolute atomic E-state index is 13.0. The van der Waals surface area contributed by atoms with Gasteiger partial charge in [-0.25, -0.2) is 4.79 Å². The lowest BCUT2D eigenvalue weighted by Gasteiger charge is -2.49. The van der Waals surface area contributed by atoms with Crippen molar-refractivity contribution in [3.63, 3.8) is 0 Å². The summed E-state index contributed by atoms with van der Waals surface area (Å²) in [6, 6.07) is 2.50. The van der Waals surface area contributed by atoms with E-state index in [4.69, 9.17) is 10.6 Å². The quantitative estimate of drug-likeness (QED) is 0.112. The first-order valence-corrected chi connectivity index (χ1v) is 12.7. The third-order valence-electron chi connectivity index (χ3n) is 5.47. The van der Waals surface area contributed by atoms with Crippen molar-refractivity contribution in [3.8, 4) is 0 Å². The molecule has 0 bridgehead atoms. The zero-order chi connectivity index (χ0) is 26.7. The van der Waals surface area contributed by atoms with Crippen LogP contribution in [0, 0.1) is 0 Å². The van der Waals surface area contributed by atoms with Crippen molar-refractivity contribution in [2.24, 2.45) is 5.16 Å². The number of nitrogens with zero attached hydrogens (tertiary/aromatic N) is 6. The molecule has 1 unspecified atom stereocenters. The highest BCUT2D eigenvalue weighted by Crippen LogP contribution is 2.40. The van der Waals surface area contributed by atoms with Gasteiger partial charge in [0.2, 0.25) is 17.9 Å². The van der Waals surface area contributed by atoms with Crippen LogP contribution < -0.4 is 20.5 Å². The number of fused-ring (bicyclic) bond motifs is 1. The first kappa shape index (κ1) is 26.0. The summed E-state index contributed by atoms with van der Waals surface area (Å²) in [6.45, 7) is 2.07. The number of hydrogen-bond acceptors (Lipinski definition) is 11. The molecule has 2 aliphatic heterocycles. The molecule has 0 aliphatic carbocycles. The van der Waals surface area contributed by atoms with E-state index in [1.165, 1.54) is 21.6 Å². The Morgan fingerprint density at radius 3 is 2.92 bits per heavy atom. The largest absolute Gasteiger partial charge is 0.477 e. The Morgan fingerprint density at radius 2 is 2.27 bits per heavy atom. The lowest BCUT2D eigenvalue weighted by atomic mass is 10.0. The van der Waals surface area contributed by atoms with Crippen LogP contribution in [-0.2, 0) is 30.6 Å². The summed E-state index contributed by atoms with van der Waals surface area (Å²) in [4.78, 5) is 60.7. The van der Waals surface area contributed by atoms with Crippen LogP contribution in [0.1, 0.15) is 12.7 Å². The number of nitrogens with one attached hydrogen (secondary N) is 1. The minimum atomic E-state index is -1.25. The standard InChI is InChI=1S/C21H22N8O6S2/c1-3-35-25-13(16-24-21(22)37-26-16)17(31)23-14-18(32)29-15(20(33)34)11(9-36-19(14)29)7-28-6-4-5-12(8-28)27(2)10-30/h4-6,8,10,14,19H,3,7,9H2,1-2H3,(H3-,22,23,24,26,31,33,34)/p+1/t14?,19-/m1/s1. The number of rotatable bonds is 10. The summed E-state index contributed by atoms with van der Waals surface area (Å²) in [5.74, 6) is -2.29. The van der Waals surface area contributed by atoms with Crippen LogP contribution in [0.5, 0.6) is 0 Å². The van der Waals surface area contributed by atoms with E-state index < -0.39 is 29.2 Å². The van der Waals surface area contributed by atoms with E-state index >= 15 is 0 Å². The lowest BCUT2D eigenvalue weighted by Crippen LogP contribution is -2.71. The molecule has 2 atom stereocenters. The van der Waals surface area contributed by atoms with Gasteiger partial charge in [0.1, 0.15) is 29.4 Å². The molecule has 2 aliphatic rings. The molecule has 194 valence electrons. The molecule has 3 amide bonds. The highest BCUT2D eigenvalue weighted by Gasteiger charge is 2.54. The lowest BCUT2D eigenvalue weighted by molar-refractivity contribution is -0.688. The van der Waals surface area contributed by atoms with Gasteiger partial charge in [0.05, 0.1) is 0 Å². The van der Waals surface area contributed by atoms with Crippen molar-refractivity contribution < 1.29 is 33.7 Å². The van der Waals surface area contributed by atoms with Gasteiger partial charge in [-0.15, -0.1) is 11.8 Å². The van der Waals surface area contributed by atoms with Crippen LogP contribution in [-0.4, -0.2) is 80.1 Å². The minimum absolute atomic E-state index is 0.0405. The molecule has 2 aromatic rings. The van der Waals surface area contributed by atoms with Gasteiger partial charge < -0.3 is 25.9 Å². The fourth-order valence-electron chi connectivity index (χ4n) is 3.76. The van der Waals surface area contributed by atoms with E-state index in [2.05, 4.69) is 19.8 Å². The van der Waals surface area contributed by atoms with Gasteiger partial charge >= 0.3 is 5.97 Å². The number of carboxylic acids is 1. The molecule has 37 heavy (non-hydrogen) atoms. The molecule has 2 aromatic heterocycles. The maximum Gasteiger partial charge on any atom is 0.352 e. The Balaban J connectivity index is 1.53. The average Bonchev–Trinajstić information content (AvgIpc) is 3.32. The van der Waals surface area contributed by atoms with Crippen molar-refractivity contribution in [1.29, 1.82) is 0 Å². The summed E-state index contributed by atoms with van der Waals surface area (Å²) >= 11 is 2.21. The highest BCUT2D eigenvalue weighted by atomic mass is 32.2. The van der Waals surface area contributed by atoms with Gasteiger partial charge in [-0.05, 0) is 13.0 Å². The molecule has 4 N–H and O–H groups in total. The minimum Gasteiger partial charge on any atom is -0.477 e. The summed E-state index contributed by atoms with van der Waals surface area (Å²) in [6.07, 6.45) is 4.11. The number of nitrogen functional groups attached to an aromatic ring is 1. The second-order valence-electron chi connectivity index (χ2n) is 7.88. The fraction of sp³-hybridized carbons (Fsp3) is 0.333. The van der Waals surface area contributed by atoms with Gasteiger partial charge in [0, 0.05) is 36.0 Å². The molecule has 4 heterocycles. The van der Waals surface area contributed by atoms with E-state index in [1.54, 1.807) is 43.1 Å². The number of oxime groups is 1. The average molecular weight is 548 g/mol. The van der Waals surface area contributed by atoms with Crippen molar-refractivity contribution in [3.05, 3.63) is 41.6 Å². The number of carboxylic acid groups (broad SMARTS) is 1. The second-order valence-corrected chi connectivity index (χ2v) is 9.77. The molecule has 4 rings (SSSR count). The van der Waals surface area contributed by atoms with Crippen molar-refractivity contribution in [2.45, 2.75) is 24.9 Å². The molecule has 0 spiro atoms. The molecule has 0 radical (unpaired) electrons. The van der Waals surface area contributed by atoms with E-state index in [0.29, 0.717) is 23.4 Å². The molecular weight excluding hydrogens is 524 g/mol. The third-order valence-corrected chi connectivity index (χ3v) is 7.35. The number of amides is 3. The smallest absolute Gasteiger partial charge is 0.352 e. The summed E-state index contributed by atoms with van der Waals surface area (Å²) in [5.41, 5.74) is 6.38. The van der Waals surface area contributed by atoms with Gasteiger partial charge in [0.25, 0.3) is 11.8 Å². The molecule has 14 nitrogen and oxygen atoms in total. The maximum atomic E-state index is 13.0. The van der Waals surface area contributed by atoms with Crippen LogP contribution in [0.3, 0.4) is 0 Å². The molecule has 0 aromatic carbocycles. The van der Waals surface area contributed by atoms with Crippen LogP contribution in [0.2, 0.25) is 0 Å². The number of anilines is 2. The number of carbonyl (C=O) groups excluding carboxylic acids is 3. The van der Waals surface area contributed by atoms with E-state index in [0.717, 1.165) is 11.5 Å². The number of aromatic nitrogens is 3. The number of carbonyl (C=O) groups is 4. The SMILES string of the molecule is CCON=C(C(=O)NC1C(=O)N2C(C(=O)O)=C(C[n+]3cccc(N(C)C=O)c3)CS[C@H]12)c1nsc(N)n1. The van der Waals surface area contributed by atoms with E-state index in [9.17, 15) is 24.3 Å². The normalized spacial score (nSPS) is 19.1. The van der Waals surface area contributed by atoms with Crippen molar-refractivity contribution in [1.82, 2.24) is 19.6 Å². The Labute approximate surface area is 218 Å². The molecule has 0 saturated carbocycles. The van der Waals surface area contributed by atoms with Crippen molar-refractivity contribution in [2.75, 3.05) is 30.0 Å². The first-order chi connectivity index (χ1) is 17.7. The number of β-lactam (4-membered cyclic amide) rings is 1. The van der Waals surface area contributed by atoms with Crippen LogP contribution >= 0.6 is 23.3 Å². The molecular formula is C21H23N8O6S2+. The summed E-state index contributed by atoms with van der Waals surface area (Å²) in [7, 11) is 1.60. The predicted octanol–water partition coefficient (Wildman–Crippen LogP) is -0.820. The summed E-state index contributed by atoms with van der Waals surface area (Å²) in [5, 5.41) is 15.8. The Morgan fingerprint density at radius 1 is 1.49 bits per heavy atom. The van der Waals surface area contributed by atoms with Crippen molar-refractivity contribution >= 4 is 64.0 Å². The zero-order valence-corrected chi connectivity index (χ0v) is 21.4. The monoisotopic (exact) mass is 547 g/mol. The second kappa shape index (κ2) is 10.9. The van der Waals surface area contributed by atoms with Gasteiger partial charge in [0.15, 0.2) is 24.1 Å². The number of pyridine rings is 1. The Hall–Kier alpha value is -4.05. The molecule has 16 heteroatoms. The fourth-order valence-corrected chi connectivity index (χ4v) is 5.52. The highest BCUT2D eigenvalue weighted by molar-refractivity contribution is 8.00. The Kier molecular flexibility index (Phi) is 7.68. The number of aliphatic carboxylic acids is 1. The van der Waals surface area contributed by atoms with Crippen LogP contribution in [0.15, 0.2) is 41.0 Å². The third kappa shape index (κ3) is 5.24. The van der Waals surface area contributed by atoms with Gasteiger partial charge in [-0.1, -0.05) is 5.16 Å². The molecule has 1 saturated heterocycles. The number of thioether (sulfide) groups is 1. The Bertz CT molecular complexity index is 1310. The predicted molar refractivity (Wildman–Crippen MR) is 133 cm³/mol. The number of hydrogen-bond donors (Lipinski definition) is 3. The summed E-state index contributed by atoms with van der Waals surface area (Å²) < 4.78 is 5.71. The molecule has 1 fully saturated rings. The first-order valence-electron chi connectivity index (χ1n) is 10.9. The van der Waals surface area contributed by atoms with Crippen LogP contribution in [0.4, 0.5) is 10.8 Å². The van der Waals surface area contributed by atoms with E-state index in [1.807, 2.05) is 0 Å². The van der Waals surface area contributed by atoms with E-state index in [-0.39, 0.29) is 35.5 Å². The van der Waals surface area contributed by atoms with Gasteiger partial charge in [-0.2, -0.15) is 13.9 Å². The number of nitrogens with two attached hydrogens (primary N) is 1. The van der Waals surface area contributed by atoms with Crippen LogP contribution in [0.25, 0.3) is 0 Å². The topological polar surface area (TPSA) is 184 Å². The van der Waals surface area contributed by atoms with Gasteiger partial charge in [-0.3, -0.25) is 19.3 Å².